The van der Waals surface area contributed by atoms with E-state index in [1.165, 1.54) is 6.20 Å². The van der Waals surface area contributed by atoms with Crippen LogP contribution < -0.4 is 0 Å². The number of rotatable bonds is 4. The quantitative estimate of drug-likeness (QED) is 0.741. The number of aliphatic imine (C=N–C) groups is 1. The van der Waals surface area contributed by atoms with Crippen molar-refractivity contribution in [2.75, 3.05) is 13.2 Å². The maximum absolute atomic E-state index is 12.4. The third-order valence-electron chi connectivity index (χ3n) is 3.64. The van der Waals surface area contributed by atoms with Crippen LogP contribution in [0.5, 0.6) is 0 Å². The molecular formula is C14H17ClF2N4O. The SMILES string of the molecule is CCCN1C=C(C)C(Cl)C2=C1N1CN(OC(F)F)C=C1C=N2. The molecule has 120 valence electrons. The van der Waals surface area contributed by atoms with Crippen molar-refractivity contribution in [1.82, 2.24) is 14.9 Å². The van der Waals surface area contributed by atoms with Crippen molar-refractivity contribution >= 4 is 17.8 Å². The summed E-state index contributed by atoms with van der Waals surface area (Å²) in [5.41, 5.74) is 2.46. The molecule has 0 aromatic heterocycles. The number of nitrogens with zero attached hydrogens (tertiary/aromatic N) is 4. The minimum Gasteiger partial charge on any atom is -0.333 e. The van der Waals surface area contributed by atoms with Gasteiger partial charge in [-0.2, -0.15) is 8.78 Å². The van der Waals surface area contributed by atoms with Gasteiger partial charge >= 0.3 is 6.61 Å². The Morgan fingerprint density at radius 2 is 2.23 bits per heavy atom. The largest absolute Gasteiger partial charge is 0.365 e. The van der Waals surface area contributed by atoms with Crippen molar-refractivity contribution in [3.63, 3.8) is 0 Å². The number of allylic oxidation sites excluding steroid dienone is 2. The zero-order valence-corrected chi connectivity index (χ0v) is 13.1. The van der Waals surface area contributed by atoms with Gasteiger partial charge < -0.3 is 9.80 Å². The van der Waals surface area contributed by atoms with Crippen LogP contribution in [-0.2, 0) is 4.84 Å². The van der Waals surface area contributed by atoms with E-state index in [1.54, 1.807) is 6.21 Å². The van der Waals surface area contributed by atoms with E-state index < -0.39 is 6.61 Å². The predicted octanol–water partition coefficient (Wildman–Crippen LogP) is 3.05. The van der Waals surface area contributed by atoms with E-state index in [1.807, 2.05) is 18.0 Å². The Morgan fingerprint density at radius 3 is 2.91 bits per heavy atom. The molecule has 3 aliphatic heterocycles. The molecule has 0 amide bonds. The monoisotopic (exact) mass is 330 g/mol. The maximum Gasteiger partial charge on any atom is 0.365 e. The first kappa shape index (κ1) is 15.3. The minimum absolute atomic E-state index is 0.182. The molecular weight excluding hydrogens is 314 g/mol. The Morgan fingerprint density at radius 1 is 1.45 bits per heavy atom. The summed E-state index contributed by atoms with van der Waals surface area (Å²) in [4.78, 5) is 12.8. The molecule has 1 atom stereocenters. The molecule has 0 saturated carbocycles. The Labute approximate surface area is 132 Å². The molecule has 3 heterocycles. The molecule has 1 unspecified atom stereocenters. The van der Waals surface area contributed by atoms with Crippen LogP contribution in [0.15, 0.2) is 40.2 Å². The molecule has 8 heteroatoms. The number of hydrogen-bond acceptors (Lipinski definition) is 5. The van der Waals surface area contributed by atoms with Crippen molar-refractivity contribution in [3.05, 3.63) is 35.2 Å². The highest BCUT2D eigenvalue weighted by atomic mass is 35.5. The van der Waals surface area contributed by atoms with E-state index in [4.69, 9.17) is 11.6 Å². The minimum atomic E-state index is -2.86. The molecule has 0 aromatic carbocycles. The van der Waals surface area contributed by atoms with Gasteiger partial charge in [-0.25, -0.2) is 9.90 Å². The lowest BCUT2D eigenvalue weighted by atomic mass is 10.1. The van der Waals surface area contributed by atoms with Crippen LogP contribution in [-0.4, -0.2) is 46.3 Å². The first-order valence-corrected chi connectivity index (χ1v) is 7.53. The second-order valence-electron chi connectivity index (χ2n) is 5.30. The van der Waals surface area contributed by atoms with Gasteiger partial charge in [0, 0.05) is 12.7 Å². The molecule has 0 N–H and O–H groups in total. The standard InChI is InChI=1S/C14H17ClF2N4O/c1-3-4-19-6-9(2)11(15)12-13(19)21-8-20(22-14(16)17)7-10(21)5-18-12/h5-7,11,14H,3-4,8H2,1-2H3. The summed E-state index contributed by atoms with van der Waals surface area (Å²) in [6.45, 7) is 2.16. The molecule has 0 radical (unpaired) electrons. The Balaban J connectivity index is 1.91. The Bertz CT molecular complexity index is 587. The first-order chi connectivity index (χ1) is 10.5. The van der Waals surface area contributed by atoms with Crippen molar-refractivity contribution in [3.8, 4) is 0 Å². The Kier molecular flexibility index (Phi) is 4.10. The number of fused-ring (bicyclic) bond motifs is 2. The maximum atomic E-state index is 12.4. The van der Waals surface area contributed by atoms with Gasteiger partial charge in [0.2, 0.25) is 0 Å². The van der Waals surface area contributed by atoms with E-state index in [0.717, 1.165) is 35.1 Å². The molecule has 3 rings (SSSR count). The molecule has 0 aliphatic carbocycles. The van der Waals surface area contributed by atoms with Crippen LogP contribution in [0.1, 0.15) is 20.3 Å². The summed E-state index contributed by atoms with van der Waals surface area (Å²) in [6, 6.07) is 0. The van der Waals surface area contributed by atoms with Gasteiger partial charge in [-0.3, -0.25) is 4.99 Å². The lowest BCUT2D eigenvalue weighted by Gasteiger charge is -2.39. The average Bonchev–Trinajstić information content (AvgIpc) is 2.85. The molecule has 0 bridgehead atoms. The van der Waals surface area contributed by atoms with Gasteiger partial charge in [0.15, 0.2) is 0 Å². The molecule has 0 fully saturated rings. The summed E-state index contributed by atoms with van der Waals surface area (Å²) in [7, 11) is 0. The fraction of sp³-hybridized carbons (Fsp3) is 0.500. The zero-order chi connectivity index (χ0) is 15.9. The molecule has 0 spiro atoms. The van der Waals surface area contributed by atoms with Crippen LogP contribution in [0.4, 0.5) is 8.78 Å². The van der Waals surface area contributed by atoms with Crippen LogP contribution in [0.25, 0.3) is 0 Å². The van der Waals surface area contributed by atoms with Gasteiger partial charge in [0.25, 0.3) is 0 Å². The predicted molar refractivity (Wildman–Crippen MR) is 79.6 cm³/mol. The van der Waals surface area contributed by atoms with Crippen LogP contribution in [0.3, 0.4) is 0 Å². The van der Waals surface area contributed by atoms with Crippen molar-refractivity contribution in [2.45, 2.75) is 32.3 Å². The average molecular weight is 331 g/mol. The molecule has 0 aromatic rings. The summed E-state index contributed by atoms with van der Waals surface area (Å²) >= 11 is 6.44. The fourth-order valence-electron chi connectivity index (χ4n) is 2.75. The second kappa shape index (κ2) is 5.89. The first-order valence-electron chi connectivity index (χ1n) is 7.09. The second-order valence-corrected chi connectivity index (χ2v) is 5.74. The summed E-state index contributed by atoms with van der Waals surface area (Å²) < 4.78 is 24.8. The van der Waals surface area contributed by atoms with Gasteiger partial charge in [-0.15, -0.1) is 11.6 Å². The third kappa shape index (κ3) is 2.59. The van der Waals surface area contributed by atoms with Gasteiger partial charge in [0.1, 0.15) is 23.6 Å². The Hall–Kier alpha value is -1.60. The van der Waals surface area contributed by atoms with Gasteiger partial charge in [0.05, 0.1) is 18.1 Å². The van der Waals surface area contributed by atoms with E-state index >= 15 is 0 Å². The number of hydrogen-bond donors (Lipinski definition) is 0. The highest BCUT2D eigenvalue weighted by Crippen LogP contribution is 2.37. The smallest absolute Gasteiger partial charge is 0.333 e. The van der Waals surface area contributed by atoms with Crippen molar-refractivity contribution in [2.24, 2.45) is 4.99 Å². The van der Waals surface area contributed by atoms with E-state index in [9.17, 15) is 8.78 Å². The van der Waals surface area contributed by atoms with Crippen molar-refractivity contribution in [1.29, 1.82) is 0 Å². The highest BCUT2D eigenvalue weighted by molar-refractivity contribution is 6.24. The zero-order valence-electron chi connectivity index (χ0n) is 12.3. The van der Waals surface area contributed by atoms with Crippen LogP contribution in [0, 0.1) is 0 Å². The molecule has 5 nitrogen and oxygen atoms in total. The summed E-state index contributed by atoms with van der Waals surface area (Å²) in [5, 5.41) is 0.798. The lowest BCUT2D eigenvalue weighted by molar-refractivity contribution is -0.263. The van der Waals surface area contributed by atoms with Gasteiger partial charge in [-0.05, 0) is 18.9 Å². The third-order valence-corrected chi connectivity index (χ3v) is 4.19. The van der Waals surface area contributed by atoms with Crippen molar-refractivity contribution < 1.29 is 13.6 Å². The number of halogens is 3. The number of hydroxylamine groups is 2. The highest BCUT2D eigenvalue weighted by Gasteiger charge is 2.36. The normalized spacial score (nSPS) is 23.9. The van der Waals surface area contributed by atoms with Crippen LogP contribution in [0.2, 0.25) is 0 Å². The summed E-state index contributed by atoms with van der Waals surface area (Å²) in [6.07, 6.45) is 6.08. The number of alkyl halides is 3. The van der Waals surface area contributed by atoms with E-state index in [0.29, 0.717) is 5.70 Å². The van der Waals surface area contributed by atoms with Gasteiger partial charge in [-0.1, -0.05) is 6.92 Å². The van der Waals surface area contributed by atoms with E-state index in [2.05, 4.69) is 21.7 Å². The molecule has 3 aliphatic rings. The lowest BCUT2D eigenvalue weighted by Crippen LogP contribution is -2.40. The fourth-order valence-corrected chi connectivity index (χ4v) is 2.96. The topological polar surface area (TPSA) is 31.3 Å². The molecule has 22 heavy (non-hydrogen) atoms. The summed E-state index contributed by atoms with van der Waals surface area (Å²) in [5.74, 6) is 0.835. The van der Waals surface area contributed by atoms with E-state index in [-0.39, 0.29) is 12.0 Å². The molecule has 0 saturated heterocycles. The van der Waals surface area contributed by atoms with Crippen LogP contribution >= 0.6 is 11.6 Å².